The molecule has 1 rings (SSSR count). The predicted molar refractivity (Wildman–Crippen MR) is 85.1 cm³/mol. The van der Waals surface area contributed by atoms with E-state index in [1.54, 1.807) is 7.05 Å². The summed E-state index contributed by atoms with van der Waals surface area (Å²) in [5, 5.41) is 2.81. The van der Waals surface area contributed by atoms with Crippen molar-refractivity contribution >= 4 is 17.7 Å². The molecular formula is C16H29N3O3. The standard InChI is InChI=1S/C16H29N3O3/c1-12(2)10-14(16(22)19-8-6-5-7-9-19)17-15(21)11-18(4)13(3)20/h12,14H,5-11H2,1-4H3,(H,17,21)/t14-/m0/s1. The molecule has 0 unspecified atom stereocenters. The molecule has 0 bridgehead atoms. The third-order valence-electron chi connectivity index (χ3n) is 3.93. The molecule has 22 heavy (non-hydrogen) atoms. The highest BCUT2D eigenvalue weighted by molar-refractivity contribution is 5.89. The lowest BCUT2D eigenvalue weighted by molar-refractivity contribution is -0.138. The third-order valence-corrected chi connectivity index (χ3v) is 3.93. The van der Waals surface area contributed by atoms with Crippen LogP contribution in [0.1, 0.15) is 46.5 Å². The van der Waals surface area contributed by atoms with Gasteiger partial charge in [0.05, 0.1) is 6.54 Å². The van der Waals surface area contributed by atoms with Crippen LogP contribution in [0, 0.1) is 5.92 Å². The summed E-state index contributed by atoms with van der Waals surface area (Å²) in [5.41, 5.74) is 0. The summed E-state index contributed by atoms with van der Waals surface area (Å²) in [6.07, 6.45) is 3.83. The molecule has 0 aliphatic carbocycles. The Morgan fingerprint density at radius 3 is 2.23 bits per heavy atom. The molecule has 1 fully saturated rings. The molecule has 0 aromatic carbocycles. The summed E-state index contributed by atoms with van der Waals surface area (Å²) in [5.74, 6) is -0.136. The van der Waals surface area contributed by atoms with E-state index in [9.17, 15) is 14.4 Å². The van der Waals surface area contributed by atoms with Gasteiger partial charge < -0.3 is 15.1 Å². The van der Waals surface area contributed by atoms with E-state index in [1.165, 1.54) is 11.8 Å². The zero-order valence-electron chi connectivity index (χ0n) is 14.2. The first-order valence-corrected chi connectivity index (χ1v) is 8.11. The van der Waals surface area contributed by atoms with Gasteiger partial charge >= 0.3 is 0 Å². The number of carbonyl (C=O) groups is 3. The Balaban J connectivity index is 2.64. The fourth-order valence-corrected chi connectivity index (χ4v) is 2.59. The van der Waals surface area contributed by atoms with Crippen LogP contribution in [0.4, 0.5) is 0 Å². The number of hydrogen-bond acceptors (Lipinski definition) is 3. The molecule has 0 aromatic rings. The van der Waals surface area contributed by atoms with Crippen LogP contribution in [-0.2, 0) is 14.4 Å². The molecule has 3 amide bonds. The number of likely N-dealkylation sites (tertiary alicyclic amines) is 1. The van der Waals surface area contributed by atoms with Gasteiger partial charge in [-0.3, -0.25) is 14.4 Å². The lowest BCUT2D eigenvalue weighted by Crippen LogP contribution is -2.52. The van der Waals surface area contributed by atoms with E-state index in [1.807, 2.05) is 18.7 Å². The number of nitrogens with one attached hydrogen (secondary N) is 1. The summed E-state index contributed by atoms with van der Waals surface area (Å²) in [4.78, 5) is 39.1. The summed E-state index contributed by atoms with van der Waals surface area (Å²) in [6, 6.07) is -0.494. The molecule has 1 aliphatic rings. The highest BCUT2D eigenvalue weighted by Crippen LogP contribution is 2.13. The topological polar surface area (TPSA) is 69.7 Å². The lowest BCUT2D eigenvalue weighted by atomic mass is 10.0. The molecule has 0 radical (unpaired) electrons. The van der Waals surface area contributed by atoms with Gasteiger partial charge in [-0.1, -0.05) is 13.8 Å². The van der Waals surface area contributed by atoms with Crippen LogP contribution in [0.2, 0.25) is 0 Å². The van der Waals surface area contributed by atoms with Gasteiger partial charge in [-0.15, -0.1) is 0 Å². The molecule has 1 aliphatic heterocycles. The smallest absolute Gasteiger partial charge is 0.245 e. The third kappa shape index (κ3) is 6.03. The quantitative estimate of drug-likeness (QED) is 0.796. The Morgan fingerprint density at radius 1 is 1.14 bits per heavy atom. The highest BCUT2D eigenvalue weighted by Gasteiger charge is 2.27. The maximum atomic E-state index is 12.6. The Labute approximate surface area is 133 Å². The zero-order chi connectivity index (χ0) is 16.7. The van der Waals surface area contributed by atoms with Crippen molar-refractivity contribution in [2.45, 2.75) is 52.5 Å². The van der Waals surface area contributed by atoms with Gasteiger partial charge in [0, 0.05) is 27.1 Å². The van der Waals surface area contributed by atoms with E-state index in [0.717, 1.165) is 32.4 Å². The lowest BCUT2D eigenvalue weighted by Gasteiger charge is -2.31. The Hall–Kier alpha value is -1.59. The van der Waals surface area contributed by atoms with Crippen molar-refractivity contribution in [1.29, 1.82) is 0 Å². The first kappa shape index (κ1) is 18.5. The number of carbonyl (C=O) groups excluding carboxylic acids is 3. The second kappa shape index (κ2) is 8.76. The fraction of sp³-hybridized carbons (Fsp3) is 0.812. The average molecular weight is 311 g/mol. The molecular weight excluding hydrogens is 282 g/mol. The van der Waals surface area contributed by atoms with Crippen LogP contribution in [0.3, 0.4) is 0 Å². The van der Waals surface area contributed by atoms with Gasteiger partial charge in [0.2, 0.25) is 17.7 Å². The first-order chi connectivity index (χ1) is 10.3. The molecule has 1 saturated heterocycles. The van der Waals surface area contributed by atoms with E-state index in [2.05, 4.69) is 5.32 Å². The van der Waals surface area contributed by atoms with Crippen LogP contribution in [0.25, 0.3) is 0 Å². The number of piperidine rings is 1. The Morgan fingerprint density at radius 2 is 1.73 bits per heavy atom. The van der Waals surface area contributed by atoms with Gasteiger partial charge in [-0.25, -0.2) is 0 Å². The van der Waals surface area contributed by atoms with E-state index in [0.29, 0.717) is 12.3 Å². The second-order valence-electron chi connectivity index (χ2n) is 6.51. The monoisotopic (exact) mass is 311 g/mol. The van der Waals surface area contributed by atoms with E-state index in [-0.39, 0.29) is 24.3 Å². The minimum atomic E-state index is -0.494. The van der Waals surface area contributed by atoms with Gasteiger partial charge in [0.15, 0.2) is 0 Å². The molecule has 1 heterocycles. The number of rotatable bonds is 6. The van der Waals surface area contributed by atoms with E-state index >= 15 is 0 Å². The molecule has 1 atom stereocenters. The molecule has 0 spiro atoms. The van der Waals surface area contributed by atoms with Gasteiger partial charge in [-0.05, 0) is 31.6 Å². The van der Waals surface area contributed by atoms with Crippen LogP contribution < -0.4 is 5.32 Å². The van der Waals surface area contributed by atoms with Crippen molar-refractivity contribution < 1.29 is 14.4 Å². The van der Waals surface area contributed by atoms with Crippen LogP contribution in [0.5, 0.6) is 0 Å². The minimum absolute atomic E-state index is 0.00669. The number of likely N-dealkylation sites (N-methyl/N-ethyl adjacent to an activating group) is 1. The van der Waals surface area contributed by atoms with Crippen molar-refractivity contribution in [2.24, 2.45) is 5.92 Å². The number of nitrogens with zero attached hydrogens (tertiary/aromatic N) is 2. The number of hydrogen-bond donors (Lipinski definition) is 1. The van der Waals surface area contributed by atoms with Gasteiger partial charge in [-0.2, -0.15) is 0 Å². The van der Waals surface area contributed by atoms with Gasteiger partial charge in [0.25, 0.3) is 0 Å². The zero-order valence-corrected chi connectivity index (χ0v) is 14.2. The molecule has 126 valence electrons. The van der Waals surface area contributed by atoms with Crippen molar-refractivity contribution in [2.75, 3.05) is 26.7 Å². The van der Waals surface area contributed by atoms with Crippen LogP contribution >= 0.6 is 0 Å². The van der Waals surface area contributed by atoms with Crippen LogP contribution in [0.15, 0.2) is 0 Å². The van der Waals surface area contributed by atoms with E-state index < -0.39 is 6.04 Å². The second-order valence-corrected chi connectivity index (χ2v) is 6.51. The summed E-state index contributed by atoms with van der Waals surface area (Å²) in [7, 11) is 1.58. The highest BCUT2D eigenvalue weighted by atomic mass is 16.2. The largest absolute Gasteiger partial charge is 0.343 e. The van der Waals surface area contributed by atoms with Crippen molar-refractivity contribution in [3.8, 4) is 0 Å². The van der Waals surface area contributed by atoms with Gasteiger partial charge in [0.1, 0.15) is 6.04 Å². The Bertz CT molecular complexity index is 403. The minimum Gasteiger partial charge on any atom is -0.343 e. The molecule has 1 N–H and O–H groups in total. The van der Waals surface area contributed by atoms with Crippen LogP contribution in [-0.4, -0.2) is 60.2 Å². The SMILES string of the molecule is CC(=O)N(C)CC(=O)N[C@@H](CC(C)C)C(=O)N1CCCCC1. The normalized spacial score (nSPS) is 16.3. The molecule has 0 aromatic heterocycles. The first-order valence-electron chi connectivity index (χ1n) is 8.11. The van der Waals surface area contributed by atoms with Crippen molar-refractivity contribution in [1.82, 2.24) is 15.1 Å². The van der Waals surface area contributed by atoms with Crippen molar-refractivity contribution in [3.63, 3.8) is 0 Å². The number of amides is 3. The fourth-order valence-electron chi connectivity index (χ4n) is 2.59. The molecule has 0 saturated carbocycles. The van der Waals surface area contributed by atoms with E-state index in [4.69, 9.17) is 0 Å². The predicted octanol–water partition coefficient (Wildman–Crippen LogP) is 1.01. The Kier molecular flexibility index (Phi) is 7.35. The average Bonchev–Trinajstić information content (AvgIpc) is 2.46. The molecule has 6 nitrogen and oxygen atoms in total. The van der Waals surface area contributed by atoms with Crippen molar-refractivity contribution in [3.05, 3.63) is 0 Å². The summed E-state index contributed by atoms with van der Waals surface area (Å²) < 4.78 is 0. The summed E-state index contributed by atoms with van der Waals surface area (Å²) >= 11 is 0. The summed E-state index contributed by atoms with van der Waals surface area (Å²) in [6.45, 7) is 7.01. The maximum Gasteiger partial charge on any atom is 0.245 e. The maximum absolute atomic E-state index is 12.6. The molecule has 6 heteroatoms.